The molecule has 3 heterocycles. The number of benzene rings is 1. The van der Waals surface area contributed by atoms with Crippen LogP contribution >= 0.6 is 0 Å². The summed E-state index contributed by atoms with van der Waals surface area (Å²) < 4.78 is 10.5. The number of carbonyl (C=O) groups excluding carboxylic acids is 1. The van der Waals surface area contributed by atoms with Gasteiger partial charge in [-0.1, -0.05) is 0 Å². The van der Waals surface area contributed by atoms with Crippen molar-refractivity contribution < 1.29 is 13.9 Å². The maximum Gasteiger partial charge on any atom is 0.257 e. The largest absolute Gasteiger partial charge is 0.497 e. The average Bonchev–Trinajstić information content (AvgIpc) is 3.31. The van der Waals surface area contributed by atoms with E-state index in [1.807, 2.05) is 41.3 Å². The number of carbonyl (C=O) groups is 1. The van der Waals surface area contributed by atoms with Gasteiger partial charge in [0.15, 0.2) is 0 Å². The zero-order valence-corrected chi connectivity index (χ0v) is 16.2. The number of rotatable bonds is 6. The van der Waals surface area contributed by atoms with Gasteiger partial charge in [0.25, 0.3) is 5.91 Å². The van der Waals surface area contributed by atoms with E-state index in [1.54, 1.807) is 25.8 Å². The molecule has 0 saturated carbocycles. The van der Waals surface area contributed by atoms with Crippen LogP contribution in [-0.2, 0) is 6.54 Å². The van der Waals surface area contributed by atoms with E-state index in [9.17, 15) is 4.79 Å². The van der Waals surface area contributed by atoms with E-state index in [2.05, 4.69) is 20.2 Å². The predicted octanol–water partition coefficient (Wildman–Crippen LogP) is 2.65. The molecular formula is C21H23N5O3. The molecule has 3 aromatic rings. The van der Waals surface area contributed by atoms with Crippen molar-refractivity contribution in [1.82, 2.24) is 14.9 Å². The van der Waals surface area contributed by atoms with Crippen molar-refractivity contribution in [2.24, 2.45) is 0 Å². The molecule has 1 amide bonds. The van der Waals surface area contributed by atoms with Crippen molar-refractivity contribution in [2.75, 3.05) is 43.5 Å². The molecule has 1 saturated heterocycles. The van der Waals surface area contributed by atoms with Gasteiger partial charge in [0.2, 0.25) is 5.95 Å². The Morgan fingerprint density at radius 2 is 1.83 bits per heavy atom. The van der Waals surface area contributed by atoms with Gasteiger partial charge in [-0.3, -0.25) is 4.79 Å². The second-order valence-corrected chi connectivity index (χ2v) is 6.71. The van der Waals surface area contributed by atoms with Crippen LogP contribution in [0.4, 0.5) is 11.6 Å². The van der Waals surface area contributed by atoms with Gasteiger partial charge in [0.1, 0.15) is 11.5 Å². The van der Waals surface area contributed by atoms with Gasteiger partial charge in [-0.05, 0) is 36.4 Å². The van der Waals surface area contributed by atoms with Crippen molar-refractivity contribution in [1.29, 1.82) is 0 Å². The third-order valence-electron chi connectivity index (χ3n) is 4.90. The lowest BCUT2D eigenvalue weighted by molar-refractivity contribution is 0.0746. The molecule has 1 N–H and O–H groups in total. The van der Waals surface area contributed by atoms with Crippen LogP contribution in [0, 0.1) is 0 Å². The lowest BCUT2D eigenvalue weighted by Crippen LogP contribution is -2.48. The maximum absolute atomic E-state index is 12.8. The summed E-state index contributed by atoms with van der Waals surface area (Å²) in [5, 5.41) is 3.07. The van der Waals surface area contributed by atoms with Crippen molar-refractivity contribution in [3.63, 3.8) is 0 Å². The smallest absolute Gasteiger partial charge is 0.257 e. The number of amides is 1. The minimum absolute atomic E-state index is 0.0445. The Morgan fingerprint density at radius 3 is 2.45 bits per heavy atom. The fourth-order valence-corrected chi connectivity index (χ4v) is 3.25. The summed E-state index contributed by atoms with van der Waals surface area (Å²) >= 11 is 0. The van der Waals surface area contributed by atoms with Crippen molar-refractivity contribution >= 4 is 17.5 Å². The lowest BCUT2D eigenvalue weighted by Gasteiger charge is -2.36. The van der Waals surface area contributed by atoms with E-state index in [4.69, 9.17) is 9.15 Å². The highest BCUT2D eigenvalue weighted by Crippen LogP contribution is 2.21. The third kappa shape index (κ3) is 4.48. The Balaban J connectivity index is 1.30. The molecule has 0 spiro atoms. The van der Waals surface area contributed by atoms with Gasteiger partial charge in [-0.25, -0.2) is 9.97 Å². The Bertz CT molecular complexity index is 918. The van der Waals surface area contributed by atoms with Crippen LogP contribution < -0.4 is 15.0 Å². The fourth-order valence-electron chi connectivity index (χ4n) is 3.25. The summed E-state index contributed by atoms with van der Waals surface area (Å²) in [6.45, 7) is 3.36. The van der Waals surface area contributed by atoms with Crippen molar-refractivity contribution in [3.8, 4) is 5.75 Å². The molecule has 0 aliphatic carbocycles. The van der Waals surface area contributed by atoms with Gasteiger partial charge >= 0.3 is 0 Å². The van der Waals surface area contributed by atoms with Gasteiger partial charge in [0.05, 0.1) is 25.5 Å². The number of nitrogens with zero attached hydrogens (tertiary/aromatic N) is 4. The minimum Gasteiger partial charge on any atom is -0.497 e. The molecule has 150 valence electrons. The highest BCUT2D eigenvalue weighted by molar-refractivity contribution is 5.93. The zero-order chi connectivity index (χ0) is 20.1. The highest BCUT2D eigenvalue weighted by atomic mass is 16.5. The molecule has 2 aromatic heterocycles. The van der Waals surface area contributed by atoms with Crippen LogP contribution in [0.2, 0.25) is 0 Å². The molecule has 0 bridgehead atoms. The summed E-state index contributed by atoms with van der Waals surface area (Å²) in [5.41, 5.74) is 1.62. The molecule has 1 fully saturated rings. The number of ether oxygens (including phenoxy) is 1. The number of anilines is 2. The highest BCUT2D eigenvalue weighted by Gasteiger charge is 2.23. The molecular weight excluding hydrogens is 370 g/mol. The first-order valence-corrected chi connectivity index (χ1v) is 9.49. The second kappa shape index (κ2) is 8.64. The number of hydrogen-bond donors (Lipinski definition) is 1. The second-order valence-electron chi connectivity index (χ2n) is 6.71. The van der Waals surface area contributed by atoms with Gasteiger partial charge in [-0.15, -0.1) is 0 Å². The molecule has 8 heteroatoms. The van der Waals surface area contributed by atoms with E-state index < -0.39 is 0 Å². The molecule has 1 aliphatic rings. The van der Waals surface area contributed by atoms with Crippen molar-refractivity contribution in [3.05, 3.63) is 66.4 Å². The monoisotopic (exact) mass is 393 g/mol. The van der Waals surface area contributed by atoms with Gasteiger partial charge in [-0.2, -0.15) is 0 Å². The minimum atomic E-state index is -0.0445. The Kier molecular flexibility index (Phi) is 5.60. The van der Waals surface area contributed by atoms with E-state index in [0.29, 0.717) is 31.1 Å². The molecule has 1 aromatic carbocycles. The van der Waals surface area contributed by atoms with Crippen LogP contribution in [0.25, 0.3) is 0 Å². The lowest BCUT2D eigenvalue weighted by atomic mass is 10.2. The first kappa shape index (κ1) is 18.8. The van der Waals surface area contributed by atoms with E-state index >= 15 is 0 Å². The average molecular weight is 393 g/mol. The SMILES string of the molecule is COc1ccc(N2CCN(C(=O)c3cnc(NCc4ccco4)nc3)CC2)cc1. The molecule has 0 unspecified atom stereocenters. The topological polar surface area (TPSA) is 83.7 Å². The van der Waals surface area contributed by atoms with Crippen LogP contribution in [-0.4, -0.2) is 54.1 Å². The summed E-state index contributed by atoms with van der Waals surface area (Å²) in [6.07, 6.45) is 4.75. The third-order valence-corrected chi connectivity index (χ3v) is 4.90. The Labute approximate surface area is 169 Å². The number of piperazine rings is 1. The Morgan fingerprint density at radius 1 is 1.10 bits per heavy atom. The first-order valence-electron chi connectivity index (χ1n) is 9.49. The number of furan rings is 1. The van der Waals surface area contributed by atoms with Gasteiger partial charge < -0.3 is 24.3 Å². The molecule has 0 atom stereocenters. The Hall–Kier alpha value is -3.55. The van der Waals surface area contributed by atoms with Crippen LogP contribution in [0.3, 0.4) is 0 Å². The first-order chi connectivity index (χ1) is 14.2. The van der Waals surface area contributed by atoms with E-state index in [0.717, 1.165) is 30.3 Å². The van der Waals surface area contributed by atoms with Crippen LogP contribution in [0.1, 0.15) is 16.1 Å². The quantitative estimate of drug-likeness (QED) is 0.689. The fraction of sp³-hybridized carbons (Fsp3) is 0.286. The van der Waals surface area contributed by atoms with Gasteiger partial charge in [0, 0.05) is 44.3 Å². The number of nitrogens with one attached hydrogen (secondary N) is 1. The number of hydrogen-bond acceptors (Lipinski definition) is 7. The molecule has 8 nitrogen and oxygen atoms in total. The summed E-state index contributed by atoms with van der Waals surface area (Å²) in [7, 11) is 1.66. The number of methoxy groups -OCH3 is 1. The standard InChI is InChI=1S/C21H23N5O3/c1-28-18-6-4-17(5-7-18)25-8-10-26(11-9-25)20(27)16-13-22-21(23-14-16)24-15-19-3-2-12-29-19/h2-7,12-14H,8-11,15H2,1H3,(H,22,23,24). The van der Waals surface area contributed by atoms with Crippen LogP contribution in [0.5, 0.6) is 5.75 Å². The number of aromatic nitrogens is 2. The summed E-state index contributed by atoms with van der Waals surface area (Å²) in [4.78, 5) is 25.3. The zero-order valence-electron chi connectivity index (χ0n) is 16.2. The maximum atomic E-state index is 12.8. The summed E-state index contributed by atoms with van der Waals surface area (Å²) in [5.74, 6) is 2.05. The predicted molar refractivity (Wildman–Crippen MR) is 109 cm³/mol. The van der Waals surface area contributed by atoms with Crippen LogP contribution in [0.15, 0.2) is 59.5 Å². The van der Waals surface area contributed by atoms with E-state index in [1.165, 1.54) is 0 Å². The molecule has 4 rings (SSSR count). The molecule has 29 heavy (non-hydrogen) atoms. The van der Waals surface area contributed by atoms with Crippen molar-refractivity contribution in [2.45, 2.75) is 6.54 Å². The molecule has 1 aliphatic heterocycles. The normalized spacial score (nSPS) is 14.0. The molecule has 0 radical (unpaired) electrons. The van der Waals surface area contributed by atoms with E-state index in [-0.39, 0.29) is 5.91 Å². The summed E-state index contributed by atoms with van der Waals surface area (Å²) in [6, 6.07) is 11.7.